The normalized spacial score (nSPS) is 10.7. The van der Waals surface area contributed by atoms with Crippen molar-refractivity contribution in [3.05, 3.63) is 45.6 Å². The van der Waals surface area contributed by atoms with Gasteiger partial charge in [0.25, 0.3) is 4.96 Å². The van der Waals surface area contributed by atoms with Crippen molar-refractivity contribution in [2.75, 3.05) is 12.4 Å². The van der Waals surface area contributed by atoms with Crippen LogP contribution in [0.2, 0.25) is 0 Å². The fourth-order valence-electron chi connectivity index (χ4n) is 1.99. The molecule has 0 fully saturated rings. The van der Waals surface area contributed by atoms with Crippen LogP contribution in [0, 0.1) is 10.1 Å². The molecule has 0 aliphatic rings. The Kier molecular flexibility index (Phi) is 3.40. The number of nitrogens with zero attached hydrogens (tertiary/aromatic N) is 4. The molecular weight excluding hydrogens is 294 g/mol. The Hall–Kier alpha value is -2.68. The molecule has 8 nitrogen and oxygen atoms in total. The van der Waals surface area contributed by atoms with E-state index in [9.17, 15) is 10.1 Å². The van der Waals surface area contributed by atoms with Gasteiger partial charge in [-0.1, -0.05) is 17.4 Å². The molecule has 0 aliphatic heterocycles. The first-order chi connectivity index (χ1) is 10.2. The van der Waals surface area contributed by atoms with Crippen LogP contribution in [0.1, 0.15) is 5.56 Å². The average Bonchev–Trinajstić information content (AvgIpc) is 3.05. The number of rotatable bonds is 5. The third-order valence-corrected chi connectivity index (χ3v) is 3.66. The summed E-state index contributed by atoms with van der Waals surface area (Å²) in [7, 11) is 1.53. The number of nitro groups is 1. The number of imidazole rings is 1. The number of fused-ring (bicyclic) bond motifs is 1. The van der Waals surface area contributed by atoms with Crippen molar-refractivity contribution in [2.24, 2.45) is 0 Å². The highest BCUT2D eigenvalue weighted by Gasteiger charge is 2.23. The lowest BCUT2D eigenvalue weighted by Gasteiger charge is -2.07. The quantitative estimate of drug-likeness (QED) is 0.574. The number of pyridine rings is 1. The largest absolute Gasteiger partial charge is 0.481 e. The number of nitrogens with one attached hydrogen (secondary N) is 1. The van der Waals surface area contributed by atoms with E-state index in [0.717, 1.165) is 5.56 Å². The van der Waals surface area contributed by atoms with Crippen molar-refractivity contribution in [2.45, 2.75) is 6.54 Å². The Labute approximate surface area is 123 Å². The van der Waals surface area contributed by atoms with Gasteiger partial charge in [-0.05, 0) is 11.0 Å². The lowest BCUT2D eigenvalue weighted by molar-refractivity contribution is -0.389. The SMILES string of the molecule is COc1ncccc1CNc1nc2sccn2c1[N+](=O)[O-]. The molecule has 0 amide bonds. The van der Waals surface area contributed by atoms with Gasteiger partial charge in [0.15, 0.2) is 0 Å². The second kappa shape index (κ2) is 5.37. The molecule has 0 unspecified atom stereocenters. The molecule has 0 spiro atoms. The number of methoxy groups -OCH3 is 1. The van der Waals surface area contributed by atoms with Crippen LogP contribution in [0.3, 0.4) is 0 Å². The van der Waals surface area contributed by atoms with E-state index < -0.39 is 4.92 Å². The lowest BCUT2D eigenvalue weighted by Crippen LogP contribution is -2.05. The molecule has 108 valence electrons. The van der Waals surface area contributed by atoms with Crippen molar-refractivity contribution < 1.29 is 9.66 Å². The van der Waals surface area contributed by atoms with Gasteiger partial charge in [0.1, 0.15) is 6.20 Å². The molecule has 0 atom stereocenters. The molecule has 0 saturated heterocycles. The molecule has 0 bridgehead atoms. The second-order valence-corrected chi connectivity index (χ2v) is 5.00. The summed E-state index contributed by atoms with van der Waals surface area (Å²) in [5.41, 5.74) is 0.797. The number of anilines is 1. The minimum absolute atomic E-state index is 0.0749. The van der Waals surface area contributed by atoms with Gasteiger partial charge in [0.2, 0.25) is 11.7 Å². The topological polar surface area (TPSA) is 94.6 Å². The van der Waals surface area contributed by atoms with Crippen molar-refractivity contribution in [3.8, 4) is 5.88 Å². The fourth-order valence-corrected chi connectivity index (χ4v) is 2.70. The van der Waals surface area contributed by atoms with E-state index in [-0.39, 0.29) is 11.6 Å². The molecule has 21 heavy (non-hydrogen) atoms. The third-order valence-electron chi connectivity index (χ3n) is 2.90. The molecular formula is C12H11N5O3S. The summed E-state index contributed by atoms with van der Waals surface area (Å²) in [6.07, 6.45) is 3.25. The Balaban J connectivity index is 1.90. The Morgan fingerprint density at radius 2 is 2.43 bits per heavy atom. The van der Waals surface area contributed by atoms with Gasteiger partial charge in [0.05, 0.1) is 7.11 Å². The zero-order valence-corrected chi connectivity index (χ0v) is 11.8. The molecule has 3 aromatic heterocycles. The van der Waals surface area contributed by atoms with Gasteiger partial charge >= 0.3 is 5.82 Å². The minimum atomic E-state index is -0.449. The summed E-state index contributed by atoms with van der Waals surface area (Å²) < 4.78 is 6.60. The summed E-state index contributed by atoms with van der Waals surface area (Å²) >= 11 is 1.34. The van der Waals surface area contributed by atoms with Crippen molar-refractivity contribution in [1.29, 1.82) is 0 Å². The Morgan fingerprint density at radius 3 is 3.19 bits per heavy atom. The summed E-state index contributed by atoms with van der Waals surface area (Å²) in [5, 5.41) is 15.9. The van der Waals surface area contributed by atoms with Crippen molar-refractivity contribution in [3.63, 3.8) is 0 Å². The zero-order chi connectivity index (χ0) is 14.8. The van der Waals surface area contributed by atoms with E-state index in [1.165, 1.54) is 22.8 Å². The van der Waals surface area contributed by atoms with Crippen LogP contribution in [0.4, 0.5) is 11.6 Å². The molecule has 3 rings (SSSR count). The highest BCUT2D eigenvalue weighted by Crippen LogP contribution is 2.28. The first-order valence-electron chi connectivity index (χ1n) is 6.02. The number of aromatic nitrogens is 3. The Bertz CT molecular complexity index is 797. The van der Waals surface area contributed by atoms with Crippen LogP contribution in [0.25, 0.3) is 4.96 Å². The van der Waals surface area contributed by atoms with Crippen LogP contribution in [0.15, 0.2) is 29.9 Å². The molecule has 0 saturated carbocycles. The van der Waals surface area contributed by atoms with Gasteiger partial charge in [-0.25, -0.2) is 4.98 Å². The molecule has 0 aromatic carbocycles. The number of hydrogen-bond acceptors (Lipinski definition) is 7. The van der Waals surface area contributed by atoms with Crippen LogP contribution in [0.5, 0.6) is 5.88 Å². The predicted molar refractivity (Wildman–Crippen MR) is 77.8 cm³/mol. The maximum atomic E-state index is 11.2. The van der Waals surface area contributed by atoms with Gasteiger partial charge in [-0.15, -0.1) is 0 Å². The van der Waals surface area contributed by atoms with Crippen LogP contribution in [-0.2, 0) is 6.54 Å². The van der Waals surface area contributed by atoms with E-state index in [4.69, 9.17) is 4.74 Å². The number of hydrogen-bond donors (Lipinski definition) is 1. The minimum Gasteiger partial charge on any atom is -0.481 e. The highest BCUT2D eigenvalue weighted by molar-refractivity contribution is 7.15. The molecule has 0 aliphatic carbocycles. The van der Waals surface area contributed by atoms with Gasteiger partial charge in [0, 0.05) is 23.7 Å². The van der Waals surface area contributed by atoms with Gasteiger partial charge in [-0.2, -0.15) is 9.38 Å². The standard InChI is InChI=1S/C12H11N5O3S/c1-20-10-8(3-2-4-13-10)7-14-9-11(17(18)19)16-5-6-21-12(16)15-9/h2-6,14H,7H2,1H3. The van der Waals surface area contributed by atoms with E-state index in [0.29, 0.717) is 17.4 Å². The van der Waals surface area contributed by atoms with Gasteiger partial charge in [-0.3, -0.25) is 0 Å². The summed E-state index contributed by atoms with van der Waals surface area (Å²) in [5.74, 6) is 0.639. The third kappa shape index (κ3) is 2.38. The van der Waals surface area contributed by atoms with Crippen LogP contribution < -0.4 is 10.1 Å². The highest BCUT2D eigenvalue weighted by atomic mass is 32.1. The first kappa shape index (κ1) is 13.3. The zero-order valence-electron chi connectivity index (χ0n) is 11.0. The molecule has 1 N–H and O–H groups in total. The Morgan fingerprint density at radius 1 is 1.57 bits per heavy atom. The first-order valence-corrected chi connectivity index (χ1v) is 6.90. The van der Waals surface area contributed by atoms with Crippen molar-refractivity contribution >= 4 is 27.9 Å². The lowest BCUT2D eigenvalue weighted by atomic mass is 10.2. The van der Waals surface area contributed by atoms with E-state index >= 15 is 0 Å². The maximum Gasteiger partial charge on any atom is 0.372 e. The average molecular weight is 305 g/mol. The molecule has 9 heteroatoms. The monoisotopic (exact) mass is 305 g/mol. The van der Waals surface area contributed by atoms with E-state index in [1.54, 1.807) is 23.8 Å². The summed E-state index contributed by atoms with van der Waals surface area (Å²) in [6.45, 7) is 0.336. The molecule has 0 radical (unpaired) electrons. The van der Waals surface area contributed by atoms with Crippen LogP contribution in [-0.4, -0.2) is 26.4 Å². The van der Waals surface area contributed by atoms with E-state index in [2.05, 4.69) is 15.3 Å². The summed E-state index contributed by atoms with van der Waals surface area (Å²) in [6, 6.07) is 3.61. The fraction of sp³-hybridized carbons (Fsp3) is 0.167. The number of thiazole rings is 1. The molecule has 3 aromatic rings. The smallest absolute Gasteiger partial charge is 0.372 e. The number of ether oxygens (including phenoxy) is 1. The second-order valence-electron chi connectivity index (χ2n) is 4.12. The van der Waals surface area contributed by atoms with Crippen LogP contribution >= 0.6 is 11.3 Å². The predicted octanol–water partition coefficient (Wildman–Crippen LogP) is 2.32. The maximum absolute atomic E-state index is 11.2. The van der Waals surface area contributed by atoms with E-state index in [1.807, 2.05) is 6.07 Å². The molecule has 3 heterocycles. The van der Waals surface area contributed by atoms with Crippen molar-refractivity contribution in [1.82, 2.24) is 14.4 Å². The van der Waals surface area contributed by atoms with Gasteiger partial charge < -0.3 is 20.2 Å². The summed E-state index contributed by atoms with van der Waals surface area (Å²) in [4.78, 5) is 19.6.